The lowest BCUT2D eigenvalue weighted by Crippen LogP contribution is -2.21. The fourth-order valence-corrected chi connectivity index (χ4v) is 3.26. The van der Waals surface area contributed by atoms with Crippen molar-refractivity contribution in [2.45, 2.75) is 6.18 Å². The number of aliphatic hydroxyl groups excluding tert-OH is 1. The Morgan fingerprint density at radius 1 is 0.974 bits per heavy atom. The van der Waals surface area contributed by atoms with Crippen molar-refractivity contribution in [1.29, 1.82) is 0 Å². The number of aromatic nitrogens is 2. The fourth-order valence-electron chi connectivity index (χ4n) is 3.26. The Hall–Kier alpha value is -4.59. The van der Waals surface area contributed by atoms with E-state index in [0.29, 0.717) is 23.5 Å². The summed E-state index contributed by atoms with van der Waals surface area (Å²) >= 11 is 0. The van der Waals surface area contributed by atoms with E-state index in [0.717, 1.165) is 18.2 Å². The molecule has 1 heterocycles. The number of nitrogens with one attached hydrogen (secondary N) is 3. The summed E-state index contributed by atoms with van der Waals surface area (Å²) in [6.07, 6.45) is -3.26. The predicted octanol–water partition coefficient (Wildman–Crippen LogP) is 5.91. The van der Waals surface area contributed by atoms with E-state index in [-0.39, 0.29) is 30.1 Å². The first kappa shape index (κ1) is 26.5. The number of rotatable bonds is 7. The second-order valence-corrected chi connectivity index (χ2v) is 7.68. The number of amides is 2. The Balaban J connectivity index is 1.57. The molecule has 0 spiro atoms. The number of carbonyl (C=O) groups excluding carboxylic acids is 1. The molecule has 0 unspecified atom stereocenters. The molecule has 0 atom stereocenters. The number of ether oxygens (including phenoxy) is 1. The summed E-state index contributed by atoms with van der Waals surface area (Å²) in [5.41, 5.74) is -1.50. The van der Waals surface area contributed by atoms with E-state index < -0.39 is 46.7 Å². The average Bonchev–Trinajstić information content (AvgIpc) is 2.88. The van der Waals surface area contributed by atoms with E-state index in [4.69, 9.17) is 9.84 Å². The van der Waals surface area contributed by atoms with Crippen LogP contribution in [0.15, 0.2) is 54.7 Å². The van der Waals surface area contributed by atoms with Gasteiger partial charge in [0.15, 0.2) is 11.6 Å². The minimum atomic E-state index is -4.67. The highest BCUT2D eigenvalue weighted by molar-refractivity contribution is 6.00. The van der Waals surface area contributed by atoms with Crippen molar-refractivity contribution in [2.75, 3.05) is 29.1 Å². The molecule has 3 aromatic carbocycles. The molecule has 0 saturated heterocycles. The normalized spacial score (nSPS) is 11.3. The van der Waals surface area contributed by atoms with Crippen LogP contribution in [0.2, 0.25) is 0 Å². The van der Waals surface area contributed by atoms with Crippen LogP contribution in [0.3, 0.4) is 0 Å². The van der Waals surface area contributed by atoms with E-state index in [1.165, 1.54) is 24.4 Å². The number of aliphatic hydroxyl groups is 1. The van der Waals surface area contributed by atoms with Crippen LogP contribution in [-0.4, -0.2) is 34.3 Å². The van der Waals surface area contributed by atoms with Crippen LogP contribution in [-0.2, 0) is 6.18 Å². The van der Waals surface area contributed by atoms with Gasteiger partial charge in [0.05, 0.1) is 35.1 Å². The van der Waals surface area contributed by atoms with Gasteiger partial charge in [0.1, 0.15) is 11.6 Å². The van der Waals surface area contributed by atoms with Crippen LogP contribution in [0.1, 0.15) is 5.56 Å². The fraction of sp³-hybridized carbons (Fsp3) is 0.125. The molecule has 1 aromatic heterocycles. The third-order valence-corrected chi connectivity index (χ3v) is 4.96. The zero-order valence-corrected chi connectivity index (χ0v) is 19.0. The maximum absolute atomic E-state index is 15.1. The molecule has 4 N–H and O–H groups in total. The number of urea groups is 1. The minimum Gasteiger partial charge on any atom is -0.451 e. The van der Waals surface area contributed by atoms with Gasteiger partial charge in [0.2, 0.25) is 11.6 Å². The monoisotopic (exact) mass is 537 g/mol. The van der Waals surface area contributed by atoms with Gasteiger partial charge >= 0.3 is 12.2 Å². The molecule has 0 aliphatic carbocycles. The Kier molecular flexibility index (Phi) is 7.52. The highest BCUT2D eigenvalue weighted by Gasteiger charge is 2.30. The van der Waals surface area contributed by atoms with Gasteiger partial charge in [-0.15, -0.1) is 0 Å². The topological polar surface area (TPSA) is 108 Å². The third-order valence-electron chi connectivity index (χ3n) is 4.96. The molecular formula is C24H17F6N5O3. The molecule has 2 amide bonds. The molecule has 198 valence electrons. The van der Waals surface area contributed by atoms with Crippen molar-refractivity contribution in [2.24, 2.45) is 0 Å². The van der Waals surface area contributed by atoms with Gasteiger partial charge in [0, 0.05) is 24.4 Å². The number of nitrogens with zero attached hydrogens (tertiary/aromatic N) is 2. The molecule has 38 heavy (non-hydrogen) atoms. The largest absolute Gasteiger partial charge is 0.451 e. The lowest BCUT2D eigenvalue weighted by molar-refractivity contribution is -0.137. The first-order valence-corrected chi connectivity index (χ1v) is 10.8. The van der Waals surface area contributed by atoms with Crippen LogP contribution in [0.5, 0.6) is 11.5 Å². The van der Waals surface area contributed by atoms with Crippen molar-refractivity contribution in [3.05, 3.63) is 77.7 Å². The summed E-state index contributed by atoms with van der Waals surface area (Å²) < 4.78 is 87.6. The molecule has 8 nitrogen and oxygen atoms in total. The zero-order chi connectivity index (χ0) is 27.4. The molecule has 4 rings (SSSR count). The number of halogens is 6. The van der Waals surface area contributed by atoms with Gasteiger partial charge in [-0.05, 0) is 30.3 Å². The first-order valence-electron chi connectivity index (χ1n) is 10.8. The molecule has 0 radical (unpaired) electrons. The first-order chi connectivity index (χ1) is 18.0. The lowest BCUT2D eigenvalue weighted by atomic mass is 10.2. The van der Waals surface area contributed by atoms with E-state index in [1.54, 1.807) is 0 Å². The van der Waals surface area contributed by atoms with Gasteiger partial charge in [-0.3, -0.25) is 4.98 Å². The summed E-state index contributed by atoms with van der Waals surface area (Å²) in [4.78, 5) is 20.6. The van der Waals surface area contributed by atoms with Crippen LogP contribution < -0.4 is 20.7 Å². The maximum atomic E-state index is 15.1. The number of benzene rings is 3. The Morgan fingerprint density at radius 2 is 1.76 bits per heavy atom. The van der Waals surface area contributed by atoms with Crippen molar-refractivity contribution in [1.82, 2.24) is 9.97 Å². The second-order valence-electron chi connectivity index (χ2n) is 7.68. The zero-order valence-electron chi connectivity index (χ0n) is 19.0. The number of fused-ring (bicyclic) bond motifs is 1. The van der Waals surface area contributed by atoms with Crippen LogP contribution >= 0.6 is 0 Å². The number of alkyl halides is 3. The number of hydrogen-bond acceptors (Lipinski definition) is 6. The van der Waals surface area contributed by atoms with Crippen LogP contribution in [0.4, 0.5) is 48.3 Å². The number of carbonyl (C=O) groups is 1. The standard InChI is InChI=1S/C24H17F6N5O3/c25-15-10-18(35-23(37)33-13-3-1-2-12(8-13)24(28,29)30)21(27)22(20(15)26)38-14-4-5-16-17(9-14)34-19(11-32-16)31-6-7-36/h1-5,8-11,36H,6-7H2,(H,31,34)(H2,33,35,37). The summed E-state index contributed by atoms with van der Waals surface area (Å²) in [5.74, 6) is -5.74. The van der Waals surface area contributed by atoms with E-state index >= 15 is 4.39 Å². The summed E-state index contributed by atoms with van der Waals surface area (Å²) in [5, 5.41) is 15.7. The lowest BCUT2D eigenvalue weighted by Gasteiger charge is -2.14. The predicted molar refractivity (Wildman–Crippen MR) is 126 cm³/mol. The molecule has 0 bridgehead atoms. The Bertz CT molecular complexity index is 1500. The molecule has 0 fully saturated rings. The van der Waals surface area contributed by atoms with E-state index in [9.17, 15) is 26.7 Å². The van der Waals surface area contributed by atoms with Gasteiger partial charge < -0.3 is 25.8 Å². The van der Waals surface area contributed by atoms with Crippen molar-refractivity contribution in [3.63, 3.8) is 0 Å². The highest BCUT2D eigenvalue weighted by Crippen LogP contribution is 2.35. The minimum absolute atomic E-state index is 0.145. The van der Waals surface area contributed by atoms with Crippen molar-refractivity contribution in [3.8, 4) is 11.5 Å². The smallest absolute Gasteiger partial charge is 0.416 e. The van der Waals surface area contributed by atoms with Crippen LogP contribution in [0, 0.1) is 17.5 Å². The van der Waals surface area contributed by atoms with Crippen LogP contribution in [0.25, 0.3) is 11.0 Å². The molecular weight excluding hydrogens is 520 g/mol. The summed E-state index contributed by atoms with van der Waals surface area (Å²) in [6.45, 7) is 0.0442. The number of anilines is 3. The summed E-state index contributed by atoms with van der Waals surface area (Å²) in [6, 6.07) is 6.77. The highest BCUT2D eigenvalue weighted by atomic mass is 19.4. The Labute approximate surface area is 210 Å². The van der Waals surface area contributed by atoms with Gasteiger partial charge in [-0.25, -0.2) is 18.6 Å². The molecule has 4 aromatic rings. The Morgan fingerprint density at radius 3 is 2.50 bits per heavy atom. The van der Waals surface area contributed by atoms with E-state index in [1.807, 2.05) is 5.32 Å². The maximum Gasteiger partial charge on any atom is 0.416 e. The summed E-state index contributed by atoms with van der Waals surface area (Å²) in [7, 11) is 0. The number of hydrogen-bond donors (Lipinski definition) is 4. The van der Waals surface area contributed by atoms with Gasteiger partial charge in [-0.1, -0.05) is 6.07 Å². The quantitative estimate of drug-likeness (QED) is 0.173. The molecule has 14 heteroatoms. The van der Waals surface area contributed by atoms with Crippen molar-refractivity contribution < 1.29 is 41.0 Å². The molecule has 0 saturated carbocycles. The average molecular weight is 537 g/mol. The molecule has 0 aliphatic heterocycles. The SMILES string of the molecule is O=C(Nc1cccc(C(F)(F)F)c1)Nc1cc(F)c(F)c(Oc2ccc3ncc(NCCO)nc3c2)c1F. The third kappa shape index (κ3) is 6.03. The van der Waals surface area contributed by atoms with Crippen molar-refractivity contribution >= 4 is 34.3 Å². The van der Waals surface area contributed by atoms with E-state index in [2.05, 4.69) is 20.6 Å². The van der Waals surface area contributed by atoms with Gasteiger partial charge in [0.25, 0.3) is 0 Å². The molecule has 0 aliphatic rings. The van der Waals surface area contributed by atoms with Gasteiger partial charge in [-0.2, -0.15) is 17.6 Å². The second kappa shape index (κ2) is 10.8.